The van der Waals surface area contributed by atoms with Crippen LogP contribution < -0.4 is 10.9 Å². The summed E-state index contributed by atoms with van der Waals surface area (Å²) in [5.74, 6) is -0.578. The number of fused-ring (bicyclic) bond motifs is 1. The van der Waals surface area contributed by atoms with Gasteiger partial charge in [0.05, 0.1) is 10.8 Å². The van der Waals surface area contributed by atoms with Gasteiger partial charge in [0.2, 0.25) is 21.5 Å². The predicted molar refractivity (Wildman–Crippen MR) is 116 cm³/mol. The molecule has 7 nitrogen and oxygen atoms in total. The summed E-state index contributed by atoms with van der Waals surface area (Å²) in [5.41, 5.74) is 2.04. The second-order valence-corrected chi connectivity index (χ2v) is 9.52. The van der Waals surface area contributed by atoms with Crippen LogP contribution in [0.5, 0.6) is 0 Å². The fourth-order valence-electron chi connectivity index (χ4n) is 3.76. The first-order valence-corrected chi connectivity index (χ1v) is 11.3. The van der Waals surface area contributed by atoms with E-state index in [9.17, 15) is 18.0 Å². The number of H-pyrrole nitrogens is 1. The minimum absolute atomic E-state index is 0.143. The Labute approximate surface area is 174 Å². The van der Waals surface area contributed by atoms with Gasteiger partial charge in [0.1, 0.15) is 0 Å². The van der Waals surface area contributed by atoms with E-state index in [0.29, 0.717) is 30.3 Å². The molecule has 2 N–H and O–H groups in total. The third-order valence-electron chi connectivity index (χ3n) is 5.49. The van der Waals surface area contributed by atoms with Crippen molar-refractivity contribution in [1.29, 1.82) is 0 Å². The predicted octanol–water partition coefficient (Wildman–Crippen LogP) is 2.88. The lowest BCUT2D eigenvalue weighted by atomic mass is 9.98. The largest absolute Gasteiger partial charge is 0.326 e. The summed E-state index contributed by atoms with van der Waals surface area (Å²) in [7, 11) is -3.75. The third-order valence-corrected chi connectivity index (χ3v) is 7.35. The second kappa shape index (κ2) is 8.04. The van der Waals surface area contributed by atoms with Crippen LogP contribution in [0.15, 0.2) is 64.3 Å². The molecular formula is C22H23N3O4S. The number of pyridine rings is 1. The Hall–Kier alpha value is -2.97. The molecule has 2 aromatic carbocycles. The van der Waals surface area contributed by atoms with Crippen LogP contribution in [0.25, 0.3) is 10.9 Å². The number of hydrogen-bond donors (Lipinski definition) is 2. The van der Waals surface area contributed by atoms with Crippen molar-refractivity contribution in [2.24, 2.45) is 5.92 Å². The minimum Gasteiger partial charge on any atom is -0.326 e. The van der Waals surface area contributed by atoms with Gasteiger partial charge in [0.15, 0.2) is 0 Å². The number of carbonyl (C=O) groups excluding carboxylic acids is 1. The molecule has 1 fully saturated rings. The Morgan fingerprint density at radius 2 is 1.93 bits per heavy atom. The first-order valence-electron chi connectivity index (χ1n) is 9.84. The number of piperidine rings is 1. The Morgan fingerprint density at radius 3 is 2.73 bits per heavy atom. The number of nitrogens with one attached hydrogen (secondary N) is 2. The third kappa shape index (κ3) is 4.01. The summed E-state index contributed by atoms with van der Waals surface area (Å²) < 4.78 is 27.8. The average Bonchev–Trinajstić information content (AvgIpc) is 2.75. The molecule has 2 heterocycles. The molecule has 1 amide bonds. The molecule has 0 radical (unpaired) electrons. The number of nitrogens with zero attached hydrogens (tertiary/aromatic N) is 1. The molecule has 1 aliphatic heterocycles. The molecule has 30 heavy (non-hydrogen) atoms. The molecule has 1 aromatic heterocycles. The maximum absolute atomic E-state index is 13.2. The molecule has 3 aromatic rings. The minimum atomic E-state index is -3.75. The Balaban J connectivity index is 1.54. The highest BCUT2D eigenvalue weighted by atomic mass is 32.2. The summed E-state index contributed by atoms with van der Waals surface area (Å²) in [4.78, 5) is 27.0. The highest BCUT2D eigenvalue weighted by Gasteiger charge is 2.33. The number of aromatic nitrogens is 1. The second-order valence-electron chi connectivity index (χ2n) is 7.58. The van der Waals surface area contributed by atoms with Crippen LogP contribution in [-0.2, 0) is 14.8 Å². The first kappa shape index (κ1) is 20.3. The summed E-state index contributed by atoms with van der Waals surface area (Å²) in [6, 6.07) is 15.1. The highest BCUT2D eigenvalue weighted by Crippen LogP contribution is 2.26. The summed E-state index contributed by atoms with van der Waals surface area (Å²) in [6.45, 7) is 2.43. The van der Waals surface area contributed by atoms with Gasteiger partial charge in [-0.05, 0) is 61.0 Å². The van der Waals surface area contributed by atoms with Crippen molar-refractivity contribution in [3.63, 3.8) is 0 Å². The van der Waals surface area contributed by atoms with Crippen LogP contribution in [0.1, 0.15) is 18.4 Å². The van der Waals surface area contributed by atoms with Crippen molar-refractivity contribution in [1.82, 2.24) is 9.29 Å². The van der Waals surface area contributed by atoms with E-state index >= 15 is 0 Å². The zero-order valence-electron chi connectivity index (χ0n) is 16.6. The van der Waals surface area contributed by atoms with Gasteiger partial charge >= 0.3 is 0 Å². The molecular weight excluding hydrogens is 402 g/mol. The molecule has 0 aliphatic carbocycles. The van der Waals surface area contributed by atoms with E-state index in [1.807, 2.05) is 31.2 Å². The lowest BCUT2D eigenvalue weighted by Crippen LogP contribution is -2.43. The maximum Gasteiger partial charge on any atom is 0.248 e. The van der Waals surface area contributed by atoms with Crippen molar-refractivity contribution in [3.8, 4) is 0 Å². The summed E-state index contributed by atoms with van der Waals surface area (Å²) >= 11 is 0. The van der Waals surface area contributed by atoms with Crippen molar-refractivity contribution in [2.75, 3.05) is 18.4 Å². The fraction of sp³-hybridized carbons (Fsp3) is 0.273. The van der Waals surface area contributed by atoms with Crippen LogP contribution in [0.4, 0.5) is 5.69 Å². The molecule has 1 aliphatic rings. The monoisotopic (exact) mass is 425 g/mol. The Morgan fingerprint density at radius 1 is 1.13 bits per heavy atom. The SMILES string of the molecule is Cc1ccccc1NC(=O)C1CCCN(S(=O)(=O)c2ccc3[nH]c(=O)ccc3c2)C1. The van der Waals surface area contributed by atoms with Crippen LogP contribution in [0.3, 0.4) is 0 Å². The number of amides is 1. The van der Waals surface area contributed by atoms with E-state index in [1.165, 1.54) is 16.4 Å². The molecule has 8 heteroatoms. The zero-order chi connectivity index (χ0) is 21.3. The van der Waals surface area contributed by atoms with Gasteiger partial charge in [-0.1, -0.05) is 18.2 Å². The van der Waals surface area contributed by atoms with Crippen molar-refractivity contribution < 1.29 is 13.2 Å². The Kier molecular flexibility index (Phi) is 5.44. The first-order chi connectivity index (χ1) is 14.3. The standard InChI is InChI=1S/C22H23N3O4S/c1-15-5-2-3-7-19(15)24-22(27)17-6-4-12-25(14-17)30(28,29)18-9-10-20-16(13-18)8-11-21(26)23-20/h2-3,5,7-11,13,17H,4,6,12,14H2,1H3,(H,23,26)(H,24,27). The number of benzene rings is 2. The van der Waals surface area contributed by atoms with Gasteiger partial charge < -0.3 is 10.3 Å². The number of para-hydroxylation sites is 1. The number of carbonyl (C=O) groups is 1. The van der Waals surface area contributed by atoms with E-state index < -0.39 is 15.9 Å². The number of hydrogen-bond acceptors (Lipinski definition) is 4. The number of aryl methyl sites for hydroxylation is 1. The van der Waals surface area contributed by atoms with Gasteiger partial charge in [0.25, 0.3) is 0 Å². The average molecular weight is 426 g/mol. The molecule has 156 valence electrons. The van der Waals surface area contributed by atoms with Gasteiger partial charge in [-0.25, -0.2) is 8.42 Å². The number of aromatic amines is 1. The summed E-state index contributed by atoms with van der Waals surface area (Å²) in [5, 5.41) is 3.57. The molecule has 1 unspecified atom stereocenters. The fourth-order valence-corrected chi connectivity index (χ4v) is 5.32. The lowest BCUT2D eigenvalue weighted by molar-refractivity contribution is -0.120. The van der Waals surface area contributed by atoms with Crippen LogP contribution in [-0.4, -0.2) is 36.7 Å². The van der Waals surface area contributed by atoms with E-state index in [4.69, 9.17) is 0 Å². The molecule has 0 bridgehead atoms. The van der Waals surface area contributed by atoms with Gasteiger partial charge in [0, 0.05) is 30.4 Å². The number of anilines is 1. The van der Waals surface area contributed by atoms with E-state index in [-0.39, 0.29) is 22.9 Å². The number of rotatable bonds is 4. The molecule has 1 saturated heterocycles. The molecule has 0 saturated carbocycles. The van der Waals surface area contributed by atoms with E-state index in [2.05, 4.69) is 10.3 Å². The van der Waals surface area contributed by atoms with Gasteiger partial charge in [-0.15, -0.1) is 0 Å². The highest BCUT2D eigenvalue weighted by molar-refractivity contribution is 7.89. The molecule has 4 rings (SSSR count). The van der Waals surface area contributed by atoms with Crippen molar-refractivity contribution in [2.45, 2.75) is 24.7 Å². The van der Waals surface area contributed by atoms with Crippen LogP contribution in [0, 0.1) is 12.8 Å². The Bertz CT molecular complexity index is 1270. The molecule has 0 spiro atoms. The zero-order valence-corrected chi connectivity index (χ0v) is 17.4. The normalized spacial score (nSPS) is 17.7. The molecule has 1 atom stereocenters. The van der Waals surface area contributed by atoms with Crippen LogP contribution >= 0.6 is 0 Å². The van der Waals surface area contributed by atoms with E-state index in [1.54, 1.807) is 18.2 Å². The van der Waals surface area contributed by atoms with E-state index in [0.717, 1.165) is 11.3 Å². The van der Waals surface area contributed by atoms with Crippen LogP contribution in [0.2, 0.25) is 0 Å². The quantitative estimate of drug-likeness (QED) is 0.671. The van der Waals surface area contributed by atoms with Crippen molar-refractivity contribution >= 4 is 32.5 Å². The lowest BCUT2D eigenvalue weighted by Gasteiger charge is -2.31. The van der Waals surface area contributed by atoms with Crippen molar-refractivity contribution in [3.05, 3.63) is 70.5 Å². The van der Waals surface area contributed by atoms with Gasteiger partial charge in [-0.3, -0.25) is 9.59 Å². The topological polar surface area (TPSA) is 99.3 Å². The maximum atomic E-state index is 13.2. The van der Waals surface area contributed by atoms with Gasteiger partial charge in [-0.2, -0.15) is 4.31 Å². The smallest absolute Gasteiger partial charge is 0.248 e. The number of sulfonamides is 1. The summed E-state index contributed by atoms with van der Waals surface area (Å²) in [6.07, 6.45) is 1.26.